The summed E-state index contributed by atoms with van der Waals surface area (Å²) in [6, 6.07) is 3.88. The zero-order valence-corrected chi connectivity index (χ0v) is 6.87. The van der Waals surface area contributed by atoms with Gasteiger partial charge in [0.15, 0.2) is 11.5 Å². The lowest BCUT2D eigenvalue weighted by atomic mass is 10.3. The molecule has 1 aromatic carbocycles. The normalized spacial score (nSPS) is 16.5. The fourth-order valence-corrected chi connectivity index (χ4v) is 1.09. The molecule has 0 aromatic heterocycles. The minimum atomic E-state index is -3.62. The fourth-order valence-electron chi connectivity index (χ4n) is 1.09. The molecule has 1 heterocycles. The Morgan fingerprint density at radius 3 is 2.71 bits per heavy atom. The van der Waals surface area contributed by atoms with E-state index in [-0.39, 0.29) is 17.2 Å². The summed E-state index contributed by atoms with van der Waals surface area (Å²) in [6.07, 6.45) is -3.62. The minimum absolute atomic E-state index is 0.0553. The standard InChI is InChI=1S/C7H5BF2O4/c9-7(10)12-5-2-1-4(14-8-11)3-6(5)13-7/h1-3,8,11H. The summed E-state index contributed by atoms with van der Waals surface area (Å²) in [5, 5.41) is 8.43. The molecular weight excluding hydrogens is 197 g/mol. The van der Waals surface area contributed by atoms with Gasteiger partial charge in [-0.25, -0.2) is 0 Å². The molecule has 0 unspecified atom stereocenters. The predicted molar refractivity (Wildman–Crippen MR) is 42.6 cm³/mol. The molecule has 0 spiro atoms. The molecule has 1 aliphatic heterocycles. The number of ether oxygens (including phenoxy) is 2. The van der Waals surface area contributed by atoms with Gasteiger partial charge in [0.05, 0.1) is 0 Å². The first kappa shape index (κ1) is 9.08. The van der Waals surface area contributed by atoms with Gasteiger partial charge < -0.3 is 19.2 Å². The SMILES string of the molecule is OBOc1ccc2c(c1)OC(F)(F)O2. The highest BCUT2D eigenvalue weighted by Crippen LogP contribution is 2.42. The molecule has 0 atom stereocenters. The lowest BCUT2D eigenvalue weighted by molar-refractivity contribution is -0.286. The highest BCUT2D eigenvalue weighted by atomic mass is 19.3. The first-order chi connectivity index (χ1) is 6.61. The second-order valence-corrected chi connectivity index (χ2v) is 2.55. The Hall–Kier alpha value is -1.50. The van der Waals surface area contributed by atoms with Crippen LogP contribution >= 0.6 is 0 Å². The van der Waals surface area contributed by atoms with E-state index in [1.165, 1.54) is 18.2 Å². The summed E-state index contributed by atoms with van der Waals surface area (Å²) in [5.74, 6) is 0.0637. The molecule has 0 amide bonds. The Labute approximate surface area is 78.3 Å². The van der Waals surface area contributed by atoms with Crippen molar-refractivity contribution in [2.45, 2.75) is 6.29 Å². The first-order valence-corrected chi connectivity index (χ1v) is 3.74. The van der Waals surface area contributed by atoms with Crippen molar-refractivity contribution in [2.24, 2.45) is 0 Å². The molecule has 14 heavy (non-hydrogen) atoms. The van der Waals surface area contributed by atoms with Gasteiger partial charge in [0, 0.05) is 6.07 Å². The number of rotatable bonds is 2. The summed E-state index contributed by atoms with van der Waals surface area (Å²) < 4.78 is 38.0. The van der Waals surface area contributed by atoms with E-state index in [0.717, 1.165) is 0 Å². The zero-order valence-electron chi connectivity index (χ0n) is 6.87. The summed E-state index contributed by atoms with van der Waals surface area (Å²) in [4.78, 5) is 0. The molecule has 74 valence electrons. The first-order valence-electron chi connectivity index (χ1n) is 3.74. The molecule has 0 radical (unpaired) electrons. The molecular formula is C7H5BF2O4. The molecule has 0 fully saturated rings. The van der Waals surface area contributed by atoms with Gasteiger partial charge in [-0.15, -0.1) is 8.78 Å². The molecule has 0 saturated carbocycles. The van der Waals surface area contributed by atoms with Crippen LogP contribution in [-0.2, 0) is 0 Å². The molecule has 1 aromatic rings. The van der Waals surface area contributed by atoms with Crippen LogP contribution in [0.4, 0.5) is 8.78 Å². The Bertz CT molecular complexity index is 358. The smallest absolute Gasteiger partial charge is 0.539 e. The maximum atomic E-state index is 12.5. The molecule has 1 N–H and O–H groups in total. The van der Waals surface area contributed by atoms with Crippen molar-refractivity contribution >= 4 is 7.69 Å². The van der Waals surface area contributed by atoms with Crippen LogP contribution in [0.5, 0.6) is 17.2 Å². The number of halogens is 2. The Kier molecular flexibility index (Phi) is 1.96. The van der Waals surface area contributed by atoms with E-state index >= 15 is 0 Å². The van der Waals surface area contributed by atoms with Gasteiger partial charge in [-0.2, -0.15) is 0 Å². The number of alkyl halides is 2. The lowest BCUT2D eigenvalue weighted by Gasteiger charge is -2.04. The van der Waals surface area contributed by atoms with Crippen molar-refractivity contribution in [3.8, 4) is 17.2 Å². The van der Waals surface area contributed by atoms with E-state index in [2.05, 4.69) is 14.1 Å². The second-order valence-electron chi connectivity index (χ2n) is 2.55. The van der Waals surface area contributed by atoms with Crippen molar-refractivity contribution < 1.29 is 27.9 Å². The van der Waals surface area contributed by atoms with Crippen LogP contribution in [0.15, 0.2) is 18.2 Å². The largest absolute Gasteiger partial charge is 0.586 e. The molecule has 4 nitrogen and oxygen atoms in total. The topological polar surface area (TPSA) is 47.9 Å². The van der Waals surface area contributed by atoms with E-state index in [4.69, 9.17) is 5.02 Å². The van der Waals surface area contributed by atoms with Crippen molar-refractivity contribution in [1.29, 1.82) is 0 Å². The van der Waals surface area contributed by atoms with Crippen LogP contribution in [0.25, 0.3) is 0 Å². The van der Waals surface area contributed by atoms with E-state index < -0.39 is 14.0 Å². The number of hydrogen-bond acceptors (Lipinski definition) is 4. The van der Waals surface area contributed by atoms with E-state index in [0.29, 0.717) is 0 Å². The minimum Gasteiger partial charge on any atom is -0.539 e. The van der Waals surface area contributed by atoms with Crippen LogP contribution in [0.1, 0.15) is 0 Å². The van der Waals surface area contributed by atoms with Crippen LogP contribution in [0.2, 0.25) is 0 Å². The Morgan fingerprint density at radius 2 is 2.00 bits per heavy atom. The summed E-state index contributed by atoms with van der Waals surface area (Å²) >= 11 is 0. The lowest BCUT2D eigenvalue weighted by Crippen LogP contribution is -2.25. The monoisotopic (exact) mass is 202 g/mol. The van der Waals surface area contributed by atoms with Gasteiger partial charge in [-0.05, 0) is 12.1 Å². The summed E-state index contributed by atoms with van der Waals surface area (Å²) in [5.41, 5.74) is 0. The van der Waals surface area contributed by atoms with Crippen molar-refractivity contribution in [3.63, 3.8) is 0 Å². The third-order valence-electron chi connectivity index (χ3n) is 1.60. The van der Waals surface area contributed by atoms with Gasteiger partial charge >= 0.3 is 14.0 Å². The summed E-state index contributed by atoms with van der Waals surface area (Å²) in [6.45, 7) is 0. The van der Waals surface area contributed by atoms with Gasteiger partial charge in [-0.3, -0.25) is 0 Å². The highest BCUT2D eigenvalue weighted by molar-refractivity contribution is 6.17. The van der Waals surface area contributed by atoms with Gasteiger partial charge in [-0.1, -0.05) is 0 Å². The summed E-state index contributed by atoms with van der Waals surface area (Å²) in [7, 11) is -0.532. The van der Waals surface area contributed by atoms with Crippen molar-refractivity contribution in [3.05, 3.63) is 18.2 Å². The maximum Gasteiger partial charge on any atom is 0.586 e. The van der Waals surface area contributed by atoms with Crippen LogP contribution in [-0.4, -0.2) is 19.0 Å². The van der Waals surface area contributed by atoms with Gasteiger partial charge in [0.1, 0.15) is 5.75 Å². The molecule has 2 rings (SSSR count). The Morgan fingerprint density at radius 1 is 1.29 bits per heavy atom. The third-order valence-corrected chi connectivity index (χ3v) is 1.60. The fraction of sp³-hybridized carbons (Fsp3) is 0.143. The van der Waals surface area contributed by atoms with Crippen molar-refractivity contribution in [2.75, 3.05) is 0 Å². The number of fused-ring (bicyclic) bond motifs is 1. The van der Waals surface area contributed by atoms with Crippen LogP contribution in [0, 0.1) is 0 Å². The molecule has 0 aliphatic carbocycles. The molecule has 1 aliphatic rings. The van der Waals surface area contributed by atoms with Gasteiger partial charge in [0.25, 0.3) is 0 Å². The van der Waals surface area contributed by atoms with E-state index in [1.54, 1.807) is 0 Å². The van der Waals surface area contributed by atoms with E-state index in [1.807, 2.05) is 0 Å². The number of hydrogen-bond donors (Lipinski definition) is 1. The Balaban J connectivity index is 2.26. The van der Waals surface area contributed by atoms with Gasteiger partial charge in [0.2, 0.25) is 0 Å². The maximum absolute atomic E-state index is 12.5. The van der Waals surface area contributed by atoms with Crippen LogP contribution < -0.4 is 14.1 Å². The molecule has 0 saturated heterocycles. The van der Waals surface area contributed by atoms with E-state index in [9.17, 15) is 8.78 Å². The average molecular weight is 202 g/mol. The number of benzene rings is 1. The van der Waals surface area contributed by atoms with Crippen LogP contribution in [0.3, 0.4) is 0 Å². The highest BCUT2D eigenvalue weighted by Gasteiger charge is 2.43. The molecule has 7 heteroatoms. The van der Waals surface area contributed by atoms with Crippen molar-refractivity contribution in [1.82, 2.24) is 0 Å². The molecule has 0 bridgehead atoms. The quantitative estimate of drug-likeness (QED) is 0.715. The zero-order chi connectivity index (χ0) is 10.2. The second kappa shape index (κ2) is 3.02. The average Bonchev–Trinajstić information content (AvgIpc) is 2.38. The third kappa shape index (κ3) is 1.58. The predicted octanol–water partition coefficient (Wildman–Crippen LogP) is 0.646.